The molecule has 27 heavy (non-hydrogen) atoms. The van der Waals surface area contributed by atoms with Crippen LogP contribution in [0.3, 0.4) is 0 Å². The molecule has 0 spiro atoms. The Balaban J connectivity index is 2.19. The Morgan fingerprint density at radius 1 is 1.19 bits per heavy atom. The first-order chi connectivity index (χ1) is 12.3. The van der Waals surface area contributed by atoms with Crippen LogP contribution in [0.1, 0.15) is 47.5 Å². The van der Waals surface area contributed by atoms with Crippen molar-refractivity contribution in [2.24, 2.45) is 5.92 Å². The molecule has 2 rings (SSSR count). The van der Waals surface area contributed by atoms with E-state index in [1.807, 2.05) is 0 Å². The topological polar surface area (TPSA) is 66.5 Å². The number of nitrogens with zero attached hydrogens (tertiary/aromatic N) is 1. The van der Waals surface area contributed by atoms with Gasteiger partial charge in [0.2, 0.25) is 0 Å². The second kappa shape index (κ2) is 7.92. The van der Waals surface area contributed by atoms with Crippen molar-refractivity contribution < 1.29 is 30.8 Å². The maximum absolute atomic E-state index is 14.4. The largest absolute Gasteiger partial charge is 0.391 e. The highest BCUT2D eigenvalue weighted by atomic mass is 35.5. The molecule has 1 aliphatic carbocycles. The molecule has 1 aromatic carbocycles. The van der Waals surface area contributed by atoms with E-state index in [0.29, 0.717) is 5.56 Å². The van der Waals surface area contributed by atoms with Crippen LogP contribution in [0.4, 0.5) is 17.6 Å². The molecule has 0 saturated heterocycles. The van der Waals surface area contributed by atoms with Gasteiger partial charge in [0.05, 0.1) is 11.5 Å². The van der Waals surface area contributed by atoms with Gasteiger partial charge in [-0.15, -0.1) is 0 Å². The maximum Gasteiger partial charge on any atom is 0.391 e. The van der Waals surface area contributed by atoms with E-state index in [2.05, 4.69) is 0 Å². The number of amides is 1. The lowest BCUT2D eigenvalue weighted by molar-refractivity contribution is -0.182. The molecule has 1 saturated carbocycles. The normalized spacial score (nSPS) is 21.3. The summed E-state index contributed by atoms with van der Waals surface area (Å²) in [5.41, 5.74) is -0.236. The van der Waals surface area contributed by atoms with E-state index in [9.17, 15) is 30.8 Å². The zero-order chi connectivity index (χ0) is 20.6. The number of benzene rings is 1. The third-order valence-electron chi connectivity index (χ3n) is 4.66. The van der Waals surface area contributed by atoms with Crippen LogP contribution in [0.25, 0.3) is 0 Å². The molecule has 152 valence electrons. The van der Waals surface area contributed by atoms with Gasteiger partial charge >= 0.3 is 16.4 Å². The van der Waals surface area contributed by atoms with Crippen LogP contribution >= 0.6 is 11.6 Å². The van der Waals surface area contributed by atoms with Crippen LogP contribution in [0, 0.1) is 11.7 Å². The van der Waals surface area contributed by atoms with E-state index >= 15 is 0 Å². The van der Waals surface area contributed by atoms with E-state index in [1.165, 1.54) is 14.1 Å². The zero-order valence-electron chi connectivity index (χ0n) is 14.6. The maximum atomic E-state index is 14.4. The Labute approximate surface area is 159 Å². The Morgan fingerprint density at radius 3 is 2.22 bits per heavy atom. The lowest BCUT2D eigenvalue weighted by atomic mass is 9.78. The highest BCUT2D eigenvalue weighted by Gasteiger charge is 2.41. The Hall–Kier alpha value is -1.39. The number of hydrogen-bond donors (Lipinski definition) is 1. The molecule has 0 atom stereocenters. The van der Waals surface area contributed by atoms with E-state index in [0.717, 1.165) is 16.4 Å². The van der Waals surface area contributed by atoms with Crippen molar-refractivity contribution in [3.8, 4) is 0 Å². The number of carbonyl (C=O) groups excluding carboxylic acids is 1. The highest BCUT2D eigenvalue weighted by molar-refractivity contribution is 7.87. The number of hydrogen-bond acceptors (Lipinski definition) is 3. The molecule has 1 amide bonds. The molecular formula is C16H19ClF4N2O3S. The van der Waals surface area contributed by atoms with Gasteiger partial charge in [0, 0.05) is 19.1 Å². The SMILES string of the molecule is CN(C)S(=O)(=O)NC(=O)c1cc(Cl)c(C2CCC(C(F)(F)F)CC2)cc1F. The molecule has 0 heterocycles. The second-order valence-corrected chi connectivity index (χ2v) is 8.95. The van der Waals surface area contributed by atoms with Crippen LogP contribution in [0.15, 0.2) is 12.1 Å². The Bertz CT molecular complexity index is 820. The van der Waals surface area contributed by atoms with E-state index in [-0.39, 0.29) is 36.6 Å². The minimum Gasteiger partial charge on any atom is -0.268 e. The van der Waals surface area contributed by atoms with Gasteiger partial charge in [-0.3, -0.25) is 4.79 Å². The molecular weight excluding hydrogens is 412 g/mol. The molecule has 0 radical (unpaired) electrons. The average Bonchev–Trinajstić information content (AvgIpc) is 2.55. The number of rotatable bonds is 4. The number of alkyl halides is 3. The molecule has 1 N–H and O–H groups in total. The summed E-state index contributed by atoms with van der Waals surface area (Å²) < 4.78 is 78.5. The molecule has 0 unspecified atom stereocenters. The summed E-state index contributed by atoms with van der Waals surface area (Å²) in [6.07, 6.45) is -4.00. The molecule has 5 nitrogen and oxygen atoms in total. The lowest BCUT2D eigenvalue weighted by Crippen LogP contribution is -2.39. The van der Waals surface area contributed by atoms with Crippen LogP contribution in [-0.2, 0) is 10.2 Å². The number of nitrogens with one attached hydrogen (secondary N) is 1. The molecule has 0 aromatic heterocycles. The standard InChI is InChI=1S/C16H19ClF4N2O3S/c1-23(2)27(25,26)22-15(24)12-7-13(17)11(8-14(12)18)9-3-5-10(6-4-9)16(19,20)21/h7-10H,3-6H2,1-2H3,(H,22,24). The van der Waals surface area contributed by atoms with E-state index in [1.54, 1.807) is 4.72 Å². The molecule has 11 heteroatoms. The second-order valence-electron chi connectivity index (χ2n) is 6.66. The van der Waals surface area contributed by atoms with Gasteiger partial charge in [-0.05, 0) is 49.3 Å². The van der Waals surface area contributed by atoms with Gasteiger partial charge < -0.3 is 0 Å². The first kappa shape index (κ1) is 21.9. The predicted octanol–water partition coefficient (Wildman–Crippen LogP) is 3.85. The number of halogens is 5. The summed E-state index contributed by atoms with van der Waals surface area (Å²) >= 11 is 6.11. The smallest absolute Gasteiger partial charge is 0.268 e. The van der Waals surface area contributed by atoms with E-state index in [4.69, 9.17) is 11.6 Å². The number of carbonyl (C=O) groups is 1. The van der Waals surface area contributed by atoms with Gasteiger partial charge in [-0.25, -0.2) is 9.11 Å². The first-order valence-corrected chi connectivity index (χ1v) is 9.95. The quantitative estimate of drug-likeness (QED) is 0.738. The van der Waals surface area contributed by atoms with Gasteiger partial charge in [0.15, 0.2) is 0 Å². The summed E-state index contributed by atoms with van der Waals surface area (Å²) in [6, 6.07) is 2.00. The highest BCUT2D eigenvalue weighted by Crippen LogP contribution is 2.44. The molecule has 1 aliphatic rings. The molecule has 0 bridgehead atoms. The van der Waals surface area contributed by atoms with Gasteiger partial charge in [-0.1, -0.05) is 11.6 Å². The summed E-state index contributed by atoms with van der Waals surface area (Å²) in [5.74, 6) is -3.90. The van der Waals surface area contributed by atoms with Crippen molar-refractivity contribution in [3.63, 3.8) is 0 Å². The summed E-state index contributed by atoms with van der Waals surface area (Å²) in [4.78, 5) is 12.0. The van der Waals surface area contributed by atoms with Crippen molar-refractivity contribution in [1.29, 1.82) is 0 Å². The predicted molar refractivity (Wildman–Crippen MR) is 92.2 cm³/mol. The third-order valence-corrected chi connectivity index (χ3v) is 6.40. The van der Waals surface area contributed by atoms with Gasteiger partial charge in [0.25, 0.3) is 5.91 Å². The van der Waals surface area contributed by atoms with Crippen molar-refractivity contribution in [2.75, 3.05) is 14.1 Å². The Kier molecular flexibility index (Phi) is 6.43. The first-order valence-electron chi connectivity index (χ1n) is 8.13. The summed E-state index contributed by atoms with van der Waals surface area (Å²) in [7, 11) is -1.72. The van der Waals surface area contributed by atoms with Crippen molar-refractivity contribution in [3.05, 3.63) is 34.1 Å². The minimum atomic E-state index is -4.25. The fraction of sp³-hybridized carbons (Fsp3) is 0.562. The van der Waals surface area contributed by atoms with Gasteiger partial charge in [0.1, 0.15) is 5.82 Å². The zero-order valence-corrected chi connectivity index (χ0v) is 16.2. The van der Waals surface area contributed by atoms with Crippen LogP contribution in [0.2, 0.25) is 5.02 Å². The van der Waals surface area contributed by atoms with Crippen molar-refractivity contribution in [1.82, 2.24) is 9.03 Å². The van der Waals surface area contributed by atoms with Crippen LogP contribution < -0.4 is 4.72 Å². The fourth-order valence-electron chi connectivity index (χ4n) is 3.04. The van der Waals surface area contributed by atoms with Crippen LogP contribution in [0.5, 0.6) is 0 Å². The van der Waals surface area contributed by atoms with Gasteiger partial charge in [-0.2, -0.15) is 25.9 Å². The summed E-state index contributed by atoms with van der Waals surface area (Å²) in [5, 5.41) is 0.0132. The summed E-state index contributed by atoms with van der Waals surface area (Å²) in [6.45, 7) is 0. The molecule has 1 fully saturated rings. The minimum absolute atomic E-state index is 0.0132. The Morgan fingerprint density at radius 2 is 1.74 bits per heavy atom. The molecule has 1 aromatic rings. The van der Waals surface area contributed by atoms with E-state index < -0.39 is 39.6 Å². The lowest BCUT2D eigenvalue weighted by Gasteiger charge is -2.30. The van der Waals surface area contributed by atoms with Crippen molar-refractivity contribution in [2.45, 2.75) is 37.8 Å². The van der Waals surface area contributed by atoms with Crippen LogP contribution in [-0.4, -0.2) is 38.9 Å². The average molecular weight is 431 g/mol. The monoisotopic (exact) mass is 430 g/mol. The van der Waals surface area contributed by atoms with Crippen molar-refractivity contribution >= 4 is 27.7 Å². The fourth-order valence-corrected chi connectivity index (χ4v) is 3.89. The third kappa shape index (κ3) is 5.11. The molecule has 0 aliphatic heterocycles.